The molecule has 0 spiro atoms. The summed E-state index contributed by atoms with van der Waals surface area (Å²) in [6.07, 6.45) is 2.68. The Hall–Kier alpha value is -0.640. The lowest BCUT2D eigenvalue weighted by Crippen LogP contribution is -2.34. The van der Waals surface area contributed by atoms with E-state index in [1.165, 1.54) is 25.0 Å². The fourth-order valence-corrected chi connectivity index (χ4v) is 2.76. The van der Waals surface area contributed by atoms with Crippen LogP contribution >= 0.6 is 11.6 Å². The van der Waals surface area contributed by atoms with E-state index in [1.54, 1.807) is 6.07 Å². The molecule has 1 aromatic carbocycles. The van der Waals surface area contributed by atoms with Crippen LogP contribution in [0.15, 0.2) is 18.2 Å². The second-order valence-electron chi connectivity index (χ2n) is 5.20. The average molecular weight is 285 g/mol. The van der Waals surface area contributed by atoms with Gasteiger partial charge in [-0.2, -0.15) is 0 Å². The van der Waals surface area contributed by atoms with Crippen molar-refractivity contribution >= 4 is 11.6 Å². The molecule has 2 rings (SSSR count). The Bertz CT molecular complexity index is 421. The van der Waals surface area contributed by atoms with Crippen LogP contribution in [0.3, 0.4) is 0 Å². The normalized spacial score (nSPS) is 16.9. The molecule has 4 heteroatoms. The molecule has 1 saturated carbocycles. The lowest BCUT2D eigenvalue weighted by molar-refractivity contribution is 0.273. The minimum absolute atomic E-state index is 0.144. The number of benzene rings is 1. The highest BCUT2D eigenvalue weighted by Crippen LogP contribution is 2.26. The molecule has 0 radical (unpaired) electrons. The monoisotopic (exact) mass is 284 g/mol. The number of nitrogens with one attached hydrogen (secondary N) is 1. The highest BCUT2D eigenvalue weighted by Gasteiger charge is 2.27. The van der Waals surface area contributed by atoms with Crippen molar-refractivity contribution in [2.24, 2.45) is 0 Å². The average Bonchev–Trinajstić information content (AvgIpc) is 3.18. The number of hydrogen-bond acceptors (Lipinski definition) is 2. The Morgan fingerprint density at radius 2 is 2.21 bits per heavy atom. The van der Waals surface area contributed by atoms with Gasteiger partial charge in [0.1, 0.15) is 5.82 Å². The molecule has 19 heavy (non-hydrogen) atoms. The third-order valence-corrected chi connectivity index (χ3v) is 4.08. The number of hydrogen-bond donors (Lipinski definition) is 1. The van der Waals surface area contributed by atoms with E-state index in [-0.39, 0.29) is 11.9 Å². The summed E-state index contributed by atoms with van der Waals surface area (Å²) >= 11 is 6.06. The van der Waals surface area contributed by atoms with Gasteiger partial charge in [0, 0.05) is 30.2 Å². The van der Waals surface area contributed by atoms with E-state index in [0.717, 1.165) is 31.2 Å². The first-order valence-corrected chi connectivity index (χ1v) is 7.42. The summed E-state index contributed by atoms with van der Waals surface area (Å²) in [5.41, 5.74) is 0.956. The van der Waals surface area contributed by atoms with Gasteiger partial charge < -0.3 is 5.32 Å². The van der Waals surface area contributed by atoms with Crippen molar-refractivity contribution in [1.82, 2.24) is 10.2 Å². The SMILES string of the molecule is CCN(CCNC(C)c1ccc(F)cc1Cl)C1CC1. The highest BCUT2D eigenvalue weighted by molar-refractivity contribution is 6.31. The molecule has 1 atom stereocenters. The smallest absolute Gasteiger partial charge is 0.124 e. The van der Waals surface area contributed by atoms with Crippen LogP contribution in [0.25, 0.3) is 0 Å². The molecule has 0 aliphatic heterocycles. The molecular formula is C15H22ClFN2. The second-order valence-corrected chi connectivity index (χ2v) is 5.61. The van der Waals surface area contributed by atoms with E-state index in [1.807, 2.05) is 0 Å². The third-order valence-electron chi connectivity index (χ3n) is 3.75. The van der Waals surface area contributed by atoms with E-state index in [9.17, 15) is 4.39 Å². The van der Waals surface area contributed by atoms with Gasteiger partial charge in [0.2, 0.25) is 0 Å². The lowest BCUT2D eigenvalue weighted by atomic mass is 10.1. The predicted octanol–water partition coefficient (Wildman–Crippen LogP) is 3.61. The molecule has 1 unspecified atom stereocenters. The van der Waals surface area contributed by atoms with Crippen LogP contribution in [0.5, 0.6) is 0 Å². The van der Waals surface area contributed by atoms with Gasteiger partial charge in [-0.3, -0.25) is 4.90 Å². The summed E-state index contributed by atoms with van der Waals surface area (Å²) in [5, 5.41) is 3.95. The first kappa shape index (κ1) is 14.8. The Morgan fingerprint density at radius 3 is 2.79 bits per heavy atom. The van der Waals surface area contributed by atoms with Crippen molar-refractivity contribution in [3.63, 3.8) is 0 Å². The molecular weight excluding hydrogens is 263 g/mol. The zero-order chi connectivity index (χ0) is 13.8. The number of rotatable bonds is 7. The molecule has 1 N–H and O–H groups in total. The van der Waals surface area contributed by atoms with E-state index in [4.69, 9.17) is 11.6 Å². The molecule has 0 amide bonds. The van der Waals surface area contributed by atoms with Gasteiger partial charge in [0.15, 0.2) is 0 Å². The van der Waals surface area contributed by atoms with E-state index in [0.29, 0.717) is 5.02 Å². The van der Waals surface area contributed by atoms with E-state index < -0.39 is 0 Å². The van der Waals surface area contributed by atoms with Crippen molar-refractivity contribution in [3.8, 4) is 0 Å². The van der Waals surface area contributed by atoms with Crippen LogP contribution in [0.4, 0.5) is 4.39 Å². The van der Waals surface area contributed by atoms with Crippen LogP contribution < -0.4 is 5.32 Å². The Labute approximate surface area is 119 Å². The molecule has 0 aromatic heterocycles. The number of likely N-dealkylation sites (N-methyl/N-ethyl adjacent to an activating group) is 1. The topological polar surface area (TPSA) is 15.3 Å². The minimum Gasteiger partial charge on any atom is -0.309 e. The molecule has 1 aliphatic rings. The first-order chi connectivity index (χ1) is 9.11. The maximum absolute atomic E-state index is 13.0. The maximum Gasteiger partial charge on any atom is 0.124 e. The maximum atomic E-state index is 13.0. The van der Waals surface area contributed by atoms with Gasteiger partial charge in [-0.25, -0.2) is 4.39 Å². The fourth-order valence-electron chi connectivity index (χ4n) is 2.43. The van der Waals surface area contributed by atoms with Crippen molar-refractivity contribution in [2.75, 3.05) is 19.6 Å². The summed E-state index contributed by atoms with van der Waals surface area (Å²) in [7, 11) is 0. The zero-order valence-corrected chi connectivity index (χ0v) is 12.4. The fraction of sp³-hybridized carbons (Fsp3) is 0.600. The highest BCUT2D eigenvalue weighted by atomic mass is 35.5. The van der Waals surface area contributed by atoms with Crippen molar-refractivity contribution in [3.05, 3.63) is 34.6 Å². The summed E-state index contributed by atoms with van der Waals surface area (Å²) in [4.78, 5) is 2.51. The quantitative estimate of drug-likeness (QED) is 0.823. The van der Waals surface area contributed by atoms with Crippen LogP contribution in [-0.4, -0.2) is 30.6 Å². The van der Waals surface area contributed by atoms with Gasteiger partial charge in [-0.15, -0.1) is 0 Å². The summed E-state index contributed by atoms with van der Waals surface area (Å²) in [6, 6.07) is 5.54. The first-order valence-electron chi connectivity index (χ1n) is 7.04. The molecule has 0 bridgehead atoms. The summed E-state index contributed by atoms with van der Waals surface area (Å²) < 4.78 is 13.0. The van der Waals surface area contributed by atoms with Gasteiger partial charge in [0.05, 0.1) is 0 Å². The Kier molecular flexibility index (Phi) is 5.20. The van der Waals surface area contributed by atoms with Crippen LogP contribution in [0, 0.1) is 5.82 Å². The molecule has 0 heterocycles. The number of nitrogens with zero attached hydrogens (tertiary/aromatic N) is 1. The summed E-state index contributed by atoms with van der Waals surface area (Å²) in [5.74, 6) is -0.285. The Morgan fingerprint density at radius 1 is 1.47 bits per heavy atom. The summed E-state index contributed by atoms with van der Waals surface area (Å²) in [6.45, 7) is 7.37. The largest absolute Gasteiger partial charge is 0.309 e. The van der Waals surface area contributed by atoms with Crippen LogP contribution in [0.1, 0.15) is 38.3 Å². The Balaban J connectivity index is 1.81. The van der Waals surface area contributed by atoms with E-state index >= 15 is 0 Å². The van der Waals surface area contributed by atoms with Crippen LogP contribution in [0.2, 0.25) is 5.02 Å². The molecule has 1 aliphatic carbocycles. The third kappa shape index (κ3) is 4.16. The van der Waals surface area contributed by atoms with Gasteiger partial charge in [0.25, 0.3) is 0 Å². The molecule has 2 nitrogen and oxygen atoms in total. The van der Waals surface area contributed by atoms with Crippen molar-refractivity contribution in [2.45, 2.75) is 38.8 Å². The van der Waals surface area contributed by atoms with Crippen LogP contribution in [-0.2, 0) is 0 Å². The molecule has 1 aromatic rings. The molecule has 0 saturated heterocycles. The molecule has 106 valence electrons. The van der Waals surface area contributed by atoms with Gasteiger partial charge >= 0.3 is 0 Å². The van der Waals surface area contributed by atoms with Gasteiger partial charge in [-0.1, -0.05) is 24.6 Å². The lowest BCUT2D eigenvalue weighted by Gasteiger charge is -2.22. The number of halogens is 2. The van der Waals surface area contributed by atoms with E-state index in [2.05, 4.69) is 24.1 Å². The zero-order valence-electron chi connectivity index (χ0n) is 11.6. The minimum atomic E-state index is -0.285. The van der Waals surface area contributed by atoms with Gasteiger partial charge in [-0.05, 0) is 44.0 Å². The van der Waals surface area contributed by atoms with Crippen molar-refractivity contribution < 1.29 is 4.39 Å². The second kappa shape index (κ2) is 6.69. The molecule has 1 fully saturated rings. The van der Waals surface area contributed by atoms with Crippen molar-refractivity contribution in [1.29, 1.82) is 0 Å². The standard InChI is InChI=1S/C15H22ClFN2/c1-3-19(13-5-6-13)9-8-18-11(2)14-7-4-12(17)10-15(14)16/h4,7,10-11,13,18H,3,5-6,8-9H2,1-2H3. The predicted molar refractivity (Wildman–Crippen MR) is 78.1 cm³/mol.